The minimum atomic E-state index is 0.628. The Balaban J connectivity index is 2.06. The monoisotopic (exact) mass is 167 g/mol. The van der Waals surface area contributed by atoms with E-state index in [1.807, 2.05) is 11.6 Å². The van der Waals surface area contributed by atoms with Gasteiger partial charge in [-0.15, -0.1) is 0 Å². The first-order valence-electron chi connectivity index (χ1n) is 4.13. The fraction of sp³-hybridized carbons (Fsp3) is 0.625. The lowest BCUT2D eigenvalue weighted by molar-refractivity contribution is -0.0410. The molecule has 1 aliphatic rings. The van der Waals surface area contributed by atoms with Crippen LogP contribution >= 0.6 is 0 Å². The fourth-order valence-corrected chi connectivity index (χ4v) is 1.28. The van der Waals surface area contributed by atoms with Crippen LogP contribution in [0.25, 0.3) is 0 Å². The normalized spacial score (nSPS) is 17.8. The Morgan fingerprint density at radius 3 is 2.92 bits per heavy atom. The summed E-state index contributed by atoms with van der Waals surface area (Å²) in [6.45, 7) is 4.64. The quantitative estimate of drug-likeness (QED) is 0.694. The van der Waals surface area contributed by atoms with Crippen molar-refractivity contribution in [3.63, 3.8) is 0 Å². The van der Waals surface area contributed by atoms with E-state index in [0.717, 1.165) is 31.1 Å². The van der Waals surface area contributed by atoms with Gasteiger partial charge in [-0.05, 0) is 6.92 Å². The molecule has 0 unspecified atom stereocenters. The molecule has 4 heteroatoms. The molecule has 2 rings (SSSR count). The Morgan fingerprint density at radius 1 is 1.75 bits per heavy atom. The Labute approximate surface area is 71.3 Å². The molecule has 0 spiro atoms. The highest BCUT2D eigenvalue weighted by Crippen LogP contribution is 2.15. The first kappa shape index (κ1) is 7.61. The second-order valence-corrected chi connectivity index (χ2v) is 3.27. The van der Waals surface area contributed by atoms with E-state index in [4.69, 9.17) is 10.5 Å². The molecule has 0 amide bonds. The van der Waals surface area contributed by atoms with Gasteiger partial charge >= 0.3 is 0 Å². The van der Waals surface area contributed by atoms with Crippen LogP contribution in [0.4, 0.5) is 5.69 Å². The van der Waals surface area contributed by atoms with Gasteiger partial charge < -0.3 is 10.5 Å². The van der Waals surface area contributed by atoms with Crippen molar-refractivity contribution in [2.75, 3.05) is 18.9 Å². The lowest BCUT2D eigenvalue weighted by atomic mass is 10.1. The van der Waals surface area contributed by atoms with Gasteiger partial charge in [0.1, 0.15) is 0 Å². The summed E-state index contributed by atoms with van der Waals surface area (Å²) in [5.74, 6) is 0.628. The SMILES string of the molecule is Cc1c(N)cnn1CC1COC1. The van der Waals surface area contributed by atoms with Crippen LogP contribution in [0.15, 0.2) is 6.20 Å². The van der Waals surface area contributed by atoms with Crippen molar-refractivity contribution in [2.45, 2.75) is 13.5 Å². The maximum absolute atomic E-state index is 5.66. The van der Waals surface area contributed by atoms with Gasteiger partial charge in [0.2, 0.25) is 0 Å². The van der Waals surface area contributed by atoms with Crippen molar-refractivity contribution < 1.29 is 4.74 Å². The third-order valence-corrected chi connectivity index (χ3v) is 2.28. The van der Waals surface area contributed by atoms with Crippen molar-refractivity contribution in [3.05, 3.63) is 11.9 Å². The number of hydrogen-bond acceptors (Lipinski definition) is 3. The van der Waals surface area contributed by atoms with Gasteiger partial charge in [-0.1, -0.05) is 0 Å². The van der Waals surface area contributed by atoms with Crippen LogP contribution < -0.4 is 5.73 Å². The fourth-order valence-electron chi connectivity index (χ4n) is 1.28. The molecule has 0 aliphatic carbocycles. The smallest absolute Gasteiger partial charge is 0.0730 e. The van der Waals surface area contributed by atoms with Crippen molar-refractivity contribution in [3.8, 4) is 0 Å². The van der Waals surface area contributed by atoms with E-state index in [0.29, 0.717) is 5.92 Å². The Hall–Kier alpha value is -1.03. The zero-order valence-corrected chi connectivity index (χ0v) is 7.16. The first-order chi connectivity index (χ1) is 5.77. The molecule has 0 saturated carbocycles. The molecule has 0 bridgehead atoms. The van der Waals surface area contributed by atoms with Crippen molar-refractivity contribution in [2.24, 2.45) is 5.92 Å². The van der Waals surface area contributed by atoms with Gasteiger partial charge in [0.15, 0.2) is 0 Å². The van der Waals surface area contributed by atoms with E-state index >= 15 is 0 Å². The van der Waals surface area contributed by atoms with Gasteiger partial charge in [0.25, 0.3) is 0 Å². The molecule has 2 N–H and O–H groups in total. The molecule has 1 saturated heterocycles. The molecule has 0 aromatic carbocycles. The van der Waals surface area contributed by atoms with Gasteiger partial charge in [-0.2, -0.15) is 5.10 Å². The summed E-state index contributed by atoms with van der Waals surface area (Å²) in [6.07, 6.45) is 1.70. The maximum atomic E-state index is 5.66. The summed E-state index contributed by atoms with van der Waals surface area (Å²) in [5, 5.41) is 4.17. The molecule has 1 aromatic rings. The Morgan fingerprint density at radius 2 is 2.50 bits per heavy atom. The molecule has 0 atom stereocenters. The van der Waals surface area contributed by atoms with Crippen LogP contribution in [0.1, 0.15) is 5.69 Å². The summed E-state index contributed by atoms with van der Waals surface area (Å²) >= 11 is 0. The van der Waals surface area contributed by atoms with Crippen LogP contribution in [-0.4, -0.2) is 23.0 Å². The van der Waals surface area contributed by atoms with Gasteiger partial charge in [0, 0.05) is 12.5 Å². The minimum absolute atomic E-state index is 0.628. The van der Waals surface area contributed by atoms with Crippen molar-refractivity contribution in [1.82, 2.24) is 9.78 Å². The Kier molecular flexibility index (Phi) is 1.77. The average Bonchev–Trinajstić information content (AvgIpc) is 2.27. The van der Waals surface area contributed by atoms with Crippen LogP contribution in [-0.2, 0) is 11.3 Å². The van der Waals surface area contributed by atoms with Gasteiger partial charge in [-0.25, -0.2) is 0 Å². The predicted molar refractivity (Wildman–Crippen MR) is 45.7 cm³/mol. The molecule has 1 fully saturated rings. The molecular formula is C8H13N3O. The average molecular weight is 167 g/mol. The van der Waals surface area contributed by atoms with E-state index < -0.39 is 0 Å². The number of anilines is 1. The Bertz CT molecular complexity index is 278. The summed E-state index contributed by atoms with van der Waals surface area (Å²) < 4.78 is 7.03. The van der Waals surface area contributed by atoms with Crippen LogP contribution in [0.2, 0.25) is 0 Å². The summed E-state index contributed by atoms with van der Waals surface area (Å²) in [4.78, 5) is 0. The lowest BCUT2D eigenvalue weighted by Crippen LogP contribution is -2.32. The van der Waals surface area contributed by atoms with Crippen LogP contribution in [0, 0.1) is 12.8 Å². The second-order valence-electron chi connectivity index (χ2n) is 3.27. The second kappa shape index (κ2) is 2.79. The van der Waals surface area contributed by atoms with Crippen LogP contribution in [0.3, 0.4) is 0 Å². The first-order valence-corrected chi connectivity index (χ1v) is 4.13. The minimum Gasteiger partial charge on any atom is -0.396 e. The molecular weight excluding hydrogens is 154 g/mol. The molecule has 4 nitrogen and oxygen atoms in total. The maximum Gasteiger partial charge on any atom is 0.0730 e. The third kappa shape index (κ3) is 1.18. The number of nitrogen functional groups attached to an aromatic ring is 1. The van der Waals surface area contributed by atoms with Gasteiger partial charge in [-0.3, -0.25) is 4.68 Å². The lowest BCUT2D eigenvalue weighted by Gasteiger charge is -2.26. The van der Waals surface area contributed by atoms with Crippen molar-refractivity contribution >= 4 is 5.69 Å². The topological polar surface area (TPSA) is 53.1 Å². The zero-order valence-electron chi connectivity index (χ0n) is 7.16. The summed E-state index contributed by atoms with van der Waals surface area (Å²) in [7, 11) is 0. The number of hydrogen-bond donors (Lipinski definition) is 1. The molecule has 0 radical (unpaired) electrons. The van der Waals surface area contributed by atoms with E-state index in [2.05, 4.69) is 5.10 Å². The molecule has 66 valence electrons. The molecule has 1 aromatic heterocycles. The molecule has 2 heterocycles. The van der Waals surface area contributed by atoms with E-state index in [1.165, 1.54) is 0 Å². The number of nitrogens with two attached hydrogens (primary N) is 1. The molecule has 12 heavy (non-hydrogen) atoms. The van der Waals surface area contributed by atoms with Crippen molar-refractivity contribution in [1.29, 1.82) is 0 Å². The highest BCUT2D eigenvalue weighted by atomic mass is 16.5. The number of aromatic nitrogens is 2. The summed E-state index contributed by atoms with van der Waals surface area (Å²) in [5.41, 5.74) is 7.49. The largest absolute Gasteiger partial charge is 0.396 e. The predicted octanol–water partition coefficient (Wildman–Crippen LogP) is 0.420. The van der Waals surface area contributed by atoms with E-state index in [-0.39, 0.29) is 0 Å². The third-order valence-electron chi connectivity index (χ3n) is 2.28. The number of ether oxygens (including phenoxy) is 1. The standard InChI is InChI=1S/C8H13N3O/c1-6-8(9)2-10-11(6)3-7-4-12-5-7/h2,7H,3-5,9H2,1H3. The van der Waals surface area contributed by atoms with E-state index in [1.54, 1.807) is 6.20 Å². The molecule has 1 aliphatic heterocycles. The zero-order chi connectivity index (χ0) is 8.55. The van der Waals surface area contributed by atoms with Gasteiger partial charge in [0.05, 0.1) is 30.8 Å². The highest BCUT2D eigenvalue weighted by molar-refractivity contribution is 5.39. The highest BCUT2D eigenvalue weighted by Gasteiger charge is 2.19. The van der Waals surface area contributed by atoms with Crippen LogP contribution in [0.5, 0.6) is 0 Å². The van der Waals surface area contributed by atoms with E-state index in [9.17, 15) is 0 Å². The summed E-state index contributed by atoms with van der Waals surface area (Å²) in [6, 6.07) is 0. The number of nitrogens with zero attached hydrogens (tertiary/aromatic N) is 2. The number of rotatable bonds is 2.